The van der Waals surface area contributed by atoms with Crippen LogP contribution in [0.2, 0.25) is 0 Å². The summed E-state index contributed by atoms with van der Waals surface area (Å²) < 4.78 is 18.1. The maximum absolute atomic E-state index is 13.1. The van der Waals surface area contributed by atoms with Gasteiger partial charge >= 0.3 is 5.97 Å². The van der Waals surface area contributed by atoms with Crippen LogP contribution in [-0.2, 0) is 20.7 Å². The Balaban J connectivity index is 2.03. The summed E-state index contributed by atoms with van der Waals surface area (Å²) in [6.07, 6.45) is 0.436. The van der Waals surface area contributed by atoms with Crippen molar-refractivity contribution in [1.82, 2.24) is 4.90 Å². The third kappa shape index (κ3) is 3.39. The Morgan fingerprint density at radius 3 is 2.86 bits per heavy atom. The van der Waals surface area contributed by atoms with E-state index in [0.717, 1.165) is 0 Å². The molecule has 0 aromatic heterocycles. The molecule has 21 heavy (non-hydrogen) atoms. The fourth-order valence-electron chi connectivity index (χ4n) is 2.65. The molecule has 1 aliphatic heterocycles. The summed E-state index contributed by atoms with van der Waals surface area (Å²) in [5.41, 5.74) is -0.452. The van der Waals surface area contributed by atoms with E-state index in [1.807, 2.05) is 0 Å². The van der Waals surface area contributed by atoms with E-state index in [4.69, 9.17) is 4.74 Å². The molecule has 0 spiro atoms. The number of benzene rings is 1. The molecule has 2 rings (SSSR count). The van der Waals surface area contributed by atoms with Crippen molar-refractivity contribution in [3.05, 3.63) is 35.6 Å². The number of amides is 1. The van der Waals surface area contributed by atoms with Gasteiger partial charge in [0.15, 0.2) is 0 Å². The molecule has 1 N–H and O–H groups in total. The smallest absolute Gasteiger partial charge is 0.313 e. The molecule has 1 aromatic carbocycles. The number of rotatable bonds is 5. The van der Waals surface area contributed by atoms with Gasteiger partial charge in [-0.25, -0.2) is 4.39 Å². The molecular formula is C15H18FNO4. The first kappa shape index (κ1) is 15.4. The Hall–Kier alpha value is -1.95. The molecule has 1 aromatic rings. The normalized spacial score (nSPS) is 21.5. The highest BCUT2D eigenvalue weighted by molar-refractivity contribution is 5.82. The van der Waals surface area contributed by atoms with Gasteiger partial charge in [-0.1, -0.05) is 12.1 Å². The number of carboxylic acid groups (broad SMARTS) is 1. The first-order valence-corrected chi connectivity index (χ1v) is 6.71. The zero-order valence-electron chi connectivity index (χ0n) is 11.8. The SMILES string of the molecule is COCC1(C(=O)O)CCN(C(=O)Cc2cccc(F)c2)C1. The predicted molar refractivity (Wildman–Crippen MR) is 73.2 cm³/mol. The van der Waals surface area contributed by atoms with Crippen molar-refractivity contribution in [2.24, 2.45) is 5.41 Å². The number of hydrogen-bond acceptors (Lipinski definition) is 3. The maximum atomic E-state index is 13.1. The van der Waals surface area contributed by atoms with E-state index in [1.165, 1.54) is 24.1 Å². The van der Waals surface area contributed by atoms with E-state index < -0.39 is 11.4 Å². The van der Waals surface area contributed by atoms with Crippen molar-refractivity contribution in [2.75, 3.05) is 26.8 Å². The van der Waals surface area contributed by atoms with Gasteiger partial charge in [0.25, 0.3) is 0 Å². The van der Waals surface area contributed by atoms with E-state index in [9.17, 15) is 19.1 Å². The molecule has 6 heteroatoms. The van der Waals surface area contributed by atoms with Crippen LogP contribution in [0.1, 0.15) is 12.0 Å². The molecule has 0 saturated carbocycles. The van der Waals surface area contributed by atoms with Crippen molar-refractivity contribution in [3.8, 4) is 0 Å². The Kier molecular flexibility index (Phi) is 4.57. The summed E-state index contributed by atoms with van der Waals surface area (Å²) in [4.78, 5) is 25.1. The molecule has 114 valence electrons. The Morgan fingerprint density at radius 1 is 1.48 bits per heavy atom. The molecule has 1 atom stereocenters. The molecule has 1 saturated heterocycles. The second-order valence-corrected chi connectivity index (χ2v) is 5.39. The summed E-state index contributed by atoms with van der Waals surface area (Å²) >= 11 is 0. The number of likely N-dealkylation sites (tertiary alicyclic amines) is 1. The van der Waals surface area contributed by atoms with Crippen LogP contribution in [-0.4, -0.2) is 48.7 Å². The highest BCUT2D eigenvalue weighted by Crippen LogP contribution is 2.31. The first-order valence-electron chi connectivity index (χ1n) is 6.71. The minimum atomic E-state index is -1.04. The number of halogens is 1. The summed E-state index contributed by atoms with van der Waals surface area (Å²) in [6, 6.07) is 5.86. The number of ether oxygens (including phenoxy) is 1. The summed E-state index contributed by atoms with van der Waals surface area (Å²) in [6.45, 7) is 0.584. The lowest BCUT2D eigenvalue weighted by molar-refractivity contribution is -0.151. The highest BCUT2D eigenvalue weighted by atomic mass is 19.1. The minimum absolute atomic E-state index is 0.0699. The van der Waals surface area contributed by atoms with Crippen LogP contribution >= 0.6 is 0 Å². The number of aliphatic carboxylic acids is 1. The van der Waals surface area contributed by atoms with Crippen molar-refractivity contribution in [3.63, 3.8) is 0 Å². The lowest BCUT2D eigenvalue weighted by atomic mass is 9.88. The molecule has 1 unspecified atom stereocenters. The van der Waals surface area contributed by atoms with Crippen LogP contribution in [0.15, 0.2) is 24.3 Å². The van der Waals surface area contributed by atoms with Gasteiger partial charge in [0.2, 0.25) is 5.91 Å². The molecule has 0 bridgehead atoms. The minimum Gasteiger partial charge on any atom is -0.481 e. The average molecular weight is 295 g/mol. The number of methoxy groups -OCH3 is 1. The molecule has 1 aliphatic rings. The van der Waals surface area contributed by atoms with Crippen LogP contribution in [0.25, 0.3) is 0 Å². The second kappa shape index (κ2) is 6.22. The molecule has 1 fully saturated rings. The average Bonchev–Trinajstić information content (AvgIpc) is 2.85. The predicted octanol–water partition coefficient (Wildman–Crippen LogP) is 1.32. The van der Waals surface area contributed by atoms with E-state index in [1.54, 1.807) is 12.1 Å². The largest absolute Gasteiger partial charge is 0.481 e. The topological polar surface area (TPSA) is 66.8 Å². The summed E-state index contributed by atoms with van der Waals surface area (Å²) in [5, 5.41) is 9.35. The van der Waals surface area contributed by atoms with Crippen LogP contribution < -0.4 is 0 Å². The van der Waals surface area contributed by atoms with Gasteiger partial charge in [0, 0.05) is 20.2 Å². The van der Waals surface area contributed by atoms with Gasteiger partial charge in [-0.05, 0) is 24.1 Å². The highest BCUT2D eigenvalue weighted by Gasteiger charge is 2.46. The number of hydrogen-bond donors (Lipinski definition) is 1. The van der Waals surface area contributed by atoms with E-state index in [2.05, 4.69) is 0 Å². The van der Waals surface area contributed by atoms with Crippen LogP contribution in [0, 0.1) is 11.2 Å². The molecular weight excluding hydrogens is 277 g/mol. The van der Waals surface area contributed by atoms with Gasteiger partial charge in [-0.3, -0.25) is 9.59 Å². The molecule has 1 heterocycles. The van der Waals surface area contributed by atoms with Crippen LogP contribution in [0.5, 0.6) is 0 Å². The molecule has 5 nitrogen and oxygen atoms in total. The molecule has 0 radical (unpaired) electrons. The quantitative estimate of drug-likeness (QED) is 0.889. The van der Waals surface area contributed by atoms with Crippen LogP contribution in [0.3, 0.4) is 0 Å². The third-order valence-electron chi connectivity index (χ3n) is 3.83. The van der Waals surface area contributed by atoms with E-state index in [-0.39, 0.29) is 31.3 Å². The van der Waals surface area contributed by atoms with E-state index >= 15 is 0 Å². The summed E-state index contributed by atoms with van der Waals surface area (Å²) in [5.74, 6) is -1.54. The monoisotopic (exact) mass is 295 g/mol. The fourth-order valence-corrected chi connectivity index (χ4v) is 2.65. The standard InChI is InChI=1S/C15H18FNO4/c1-21-10-15(14(19)20)5-6-17(9-15)13(18)8-11-3-2-4-12(16)7-11/h2-4,7H,5-6,8-10H2,1H3,(H,19,20). The lowest BCUT2D eigenvalue weighted by Gasteiger charge is -2.23. The fraction of sp³-hybridized carbons (Fsp3) is 0.467. The molecule has 1 amide bonds. The number of nitrogens with zero attached hydrogens (tertiary/aromatic N) is 1. The summed E-state index contributed by atoms with van der Waals surface area (Å²) in [7, 11) is 1.45. The van der Waals surface area contributed by atoms with Gasteiger partial charge in [-0.15, -0.1) is 0 Å². The van der Waals surface area contributed by atoms with Crippen LogP contribution in [0.4, 0.5) is 4.39 Å². The third-order valence-corrected chi connectivity index (χ3v) is 3.83. The number of carboxylic acids is 1. The van der Waals surface area contributed by atoms with Crippen molar-refractivity contribution in [2.45, 2.75) is 12.8 Å². The Morgan fingerprint density at radius 2 is 2.24 bits per heavy atom. The van der Waals surface area contributed by atoms with E-state index in [0.29, 0.717) is 18.5 Å². The number of carbonyl (C=O) groups is 2. The van der Waals surface area contributed by atoms with Crippen molar-refractivity contribution in [1.29, 1.82) is 0 Å². The number of carbonyl (C=O) groups excluding carboxylic acids is 1. The zero-order chi connectivity index (χ0) is 15.5. The van der Waals surface area contributed by atoms with Gasteiger partial charge in [-0.2, -0.15) is 0 Å². The van der Waals surface area contributed by atoms with Crippen molar-refractivity contribution < 1.29 is 23.8 Å². The Bertz CT molecular complexity index is 548. The second-order valence-electron chi connectivity index (χ2n) is 5.39. The van der Waals surface area contributed by atoms with Gasteiger partial charge in [0.1, 0.15) is 11.2 Å². The Labute approximate surface area is 122 Å². The molecule has 0 aliphatic carbocycles. The van der Waals surface area contributed by atoms with Gasteiger partial charge < -0.3 is 14.7 Å². The van der Waals surface area contributed by atoms with Crippen molar-refractivity contribution >= 4 is 11.9 Å². The zero-order valence-corrected chi connectivity index (χ0v) is 11.8. The first-order chi connectivity index (χ1) is 9.97. The lowest BCUT2D eigenvalue weighted by Crippen LogP contribution is -2.40. The van der Waals surface area contributed by atoms with Gasteiger partial charge in [0.05, 0.1) is 13.0 Å². The maximum Gasteiger partial charge on any atom is 0.313 e.